The Hall–Kier alpha value is -1.39. The minimum atomic E-state index is -0.647. The Morgan fingerprint density at radius 3 is 2.22 bits per heavy atom. The van der Waals surface area contributed by atoms with Crippen LogP contribution in [0, 0.1) is 11.6 Å². The van der Waals surface area contributed by atoms with E-state index in [0.717, 1.165) is 32.0 Å². The molecule has 0 saturated heterocycles. The monoisotopic (exact) mass is 257 g/mol. The van der Waals surface area contributed by atoms with Crippen LogP contribution in [0.1, 0.15) is 33.6 Å². The van der Waals surface area contributed by atoms with Crippen molar-refractivity contribution in [2.45, 2.75) is 33.6 Å². The first-order valence-corrected chi connectivity index (χ1v) is 6.48. The number of pyridine rings is 1. The predicted molar refractivity (Wildman–Crippen MR) is 71.1 cm³/mol. The maximum Gasteiger partial charge on any atom is 0.168 e. The molecule has 0 saturated carbocycles. The van der Waals surface area contributed by atoms with Gasteiger partial charge in [-0.05, 0) is 19.8 Å². The predicted octanol–water partition coefficient (Wildman–Crippen LogP) is 3.42. The van der Waals surface area contributed by atoms with Gasteiger partial charge in [0.1, 0.15) is 0 Å². The summed E-state index contributed by atoms with van der Waals surface area (Å²) in [5.41, 5.74) is 0. The molecule has 1 heterocycles. The van der Waals surface area contributed by atoms with Gasteiger partial charge in [-0.2, -0.15) is 0 Å². The van der Waals surface area contributed by atoms with Crippen molar-refractivity contribution in [3.8, 4) is 0 Å². The first-order chi connectivity index (χ1) is 8.63. The third-order valence-electron chi connectivity index (χ3n) is 2.54. The molecule has 0 aliphatic carbocycles. The highest BCUT2D eigenvalue weighted by Gasteiger charge is 2.16. The van der Waals surface area contributed by atoms with Gasteiger partial charge in [-0.1, -0.05) is 13.8 Å². The third-order valence-corrected chi connectivity index (χ3v) is 2.54. The highest BCUT2D eigenvalue weighted by molar-refractivity contribution is 5.49. The van der Waals surface area contributed by atoms with Gasteiger partial charge >= 0.3 is 0 Å². The average molecular weight is 257 g/mol. The van der Waals surface area contributed by atoms with E-state index in [2.05, 4.69) is 10.3 Å². The lowest BCUT2D eigenvalue weighted by atomic mass is 10.3. The highest BCUT2D eigenvalue weighted by atomic mass is 19.1. The van der Waals surface area contributed by atoms with Crippen LogP contribution in [0.4, 0.5) is 20.4 Å². The zero-order chi connectivity index (χ0) is 13.5. The highest BCUT2D eigenvalue weighted by Crippen LogP contribution is 2.22. The Morgan fingerprint density at radius 2 is 1.72 bits per heavy atom. The molecule has 0 aliphatic heterocycles. The smallest absolute Gasteiger partial charge is 0.168 e. The van der Waals surface area contributed by atoms with E-state index in [1.54, 1.807) is 0 Å². The van der Waals surface area contributed by atoms with Gasteiger partial charge in [0.15, 0.2) is 23.3 Å². The first kappa shape index (κ1) is 14.7. The molecule has 0 unspecified atom stereocenters. The van der Waals surface area contributed by atoms with Gasteiger partial charge in [-0.15, -0.1) is 0 Å². The zero-order valence-electron chi connectivity index (χ0n) is 11.3. The van der Waals surface area contributed by atoms with E-state index < -0.39 is 11.6 Å². The quantitative estimate of drug-likeness (QED) is 0.811. The number of nitrogens with one attached hydrogen (secondary N) is 1. The molecule has 0 fully saturated rings. The van der Waals surface area contributed by atoms with Crippen LogP contribution in [-0.4, -0.2) is 24.6 Å². The summed E-state index contributed by atoms with van der Waals surface area (Å²) in [6, 6.07) is 0.901. The van der Waals surface area contributed by atoms with Crippen LogP contribution < -0.4 is 10.2 Å². The second kappa shape index (κ2) is 7.13. The lowest BCUT2D eigenvalue weighted by molar-refractivity contribution is 0.567. The molecule has 0 bridgehead atoms. The van der Waals surface area contributed by atoms with Crippen LogP contribution in [0.2, 0.25) is 0 Å². The van der Waals surface area contributed by atoms with Crippen LogP contribution in [-0.2, 0) is 0 Å². The van der Waals surface area contributed by atoms with Gasteiger partial charge in [-0.25, -0.2) is 13.8 Å². The number of hydrogen-bond acceptors (Lipinski definition) is 3. The summed E-state index contributed by atoms with van der Waals surface area (Å²) in [6.45, 7) is 7.88. The molecule has 0 radical (unpaired) electrons. The van der Waals surface area contributed by atoms with Crippen molar-refractivity contribution < 1.29 is 8.78 Å². The van der Waals surface area contributed by atoms with Crippen molar-refractivity contribution in [1.29, 1.82) is 0 Å². The van der Waals surface area contributed by atoms with Gasteiger partial charge in [0.2, 0.25) is 0 Å². The summed E-state index contributed by atoms with van der Waals surface area (Å²) in [5.74, 6) is -0.899. The second-order valence-electron chi connectivity index (χ2n) is 4.14. The molecule has 1 rings (SSSR count). The summed E-state index contributed by atoms with van der Waals surface area (Å²) >= 11 is 0. The van der Waals surface area contributed by atoms with Crippen LogP contribution in [0.5, 0.6) is 0 Å². The number of rotatable bonds is 7. The van der Waals surface area contributed by atoms with E-state index in [1.807, 2.05) is 25.7 Å². The second-order valence-corrected chi connectivity index (χ2v) is 4.14. The van der Waals surface area contributed by atoms with Crippen molar-refractivity contribution >= 4 is 11.6 Å². The molecule has 0 spiro atoms. The fourth-order valence-corrected chi connectivity index (χ4v) is 1.83. The molecule has 102 valence electrons. The summed E-state index contributed by atoms with van der Waals surface area (Å²) < 4.78 is 27.3. The van der Waals surface area contributed by atoms with E-state index in [0.29, 0.717) is 6.54 Å². The van der Waals surface area contributed by atoms with Gasteiger partial charge in [0, 0.05) is 25.7 Å². The molecule has 18 heavy (non-hydrogen) atoms. The molecule has 1 aromatic rings. The largest absolute Gasteiger partial charge is 0.368 e. The SMILES string of the molecule is CCCN(CCC)c1nc(NCC)c(F)cc1F. The van der Waals surface area contributed by atoms with Gasteiger partial charge in [0.25, 0.3) is 0 Å². The molecule has 5 heteroatoms. The topological polar surface area (TPSA) is 28.2 Å². The summed E-state index contributed by atoms with van der Waals surface area (Å²) in [5, 5.41) is 2.80. The lowest BCUT2D eigenvalue weighted by Gasteiger charge is -2.23. The van der Waals surface area contributed by atoms with Crippen LogP contribution in [0.25, 0.3) is 0 Å². The zero-order valence-corrected chi connectivity index (χ0v) is 11.3. The minimum Gasteiger partial charge on any atom is -0.368 e. The number of halogens is 2. The van der Waals surface area contributed by atoms with Crippen molar-refractivity contribution in [2.24, 2.45) is 0 Å². The molecule has 1 aromatic heterocycles. The summed E-state index contributed by atoms with van der Waals surface area (Å²) in [7, 11) is 0. The molecule has 3 nitrogen and oxygen atoms in total. The molecule has 0 aliphatic rings. The van der Waals surface area contributed by atoms with Gasteiger partial charge in [0.05, 0.1) is 0 Å². The Kier molecular flexibility index (Phi) is 5.82. The molecule has 0 atom stereocenters. The Balaban J connectivity index is 3.07. The van der Waals surface area contributed by atoms with Gasteiger partial charge < -0.3 is 10.2 Å². The number of aromatic nitrogens is 1. The number of hydrogen-bond donors (Lipinski definition) is 1. The maximum absolute atomic E-state index is 13.8. The normalized spacial score (nSPS) is 10.5. The van der Waals surface area contributed by atoms with Crippen LogP contribution in [0.3, 0.4) is 0 Å². The van der Waals surface area contributed by atoms with E-state index in [4.69, 9.17) is 0 Å². The van der Waals surface area contributed by atoms with Crippen molar-refractivity contribution in [3.63, 3.8) is 0 Å². The third kappa shape index (κ3) is 3.55. The number of nitrogens with zero attached hydrogens (tertiary/aromatic N) is 2. The van der Waals surface area contributed by atoms with Crippen molar-refractivity contribution in [2.75, 3.05) is 29.9 Å². The summed E-state index contributed by atoms with van der Waals surface area (Å²) in [4.78, 5) is 5.92. The standard InChI is InChI=1S/C13H21F2N3/c1-4-7-18(8-5-2)13-11(15)9-10(14)12(17-13)16-6-3/h9H,4-8H2,1-3H3,(H,16,17). The number of anilines is 2. The minimum absolute atomic E-state index is 0.117. The summed E-state index contributed by atoms with van der Waals surface area (Å²) in [6.07, 6.45) is 1.80. The van der Waals surface area contributed by atoms with E-state index in [-0.39, 0.29) is 11.6 Å². The van der Waals surface area contributed by atoms with Crippen molar-refractivity contribution in [1.82, 2.24) is 4.98 Å². The lowest BCUT2D eigenvalue weighted by Crippen LogP contribution is -2.27. The van der Waals surface area contributed by atoms with E-state index >= 15 is 0 Å². The Bertz CT molecular complexity index is 377. The molecule has 1 N–H and O–H groups in total. The van der Waals surface area contributed by atoms with E-state index in [1.165, 1.54) is 0 Å². The fraction of sp³-hybridized carbons (Fsp3) is 0.615. The molecule has 0 amide bonds. The molecular formula is C13H21F2N3. The first-order valence-electron chi connectivity index (χ1n) is 6.48. The Labute approximate surface area is 107 Å². The molecule has 0 aromatic carbocycles. The van der Waals surface area contributed by atoms with Crippen molar-refractivity contribution in [3.05, 3.63) is 17.7 Å². The maximum atomic E-state index is 13.8. The van der Waals surface area contributed by atoms with Gasteiger partial charge in [-0.3, -0.25) is 0 Å². The fourth-order valence-electron chi connectivity index (χ4n) is 1.83. The molecular weight excluding hydrogens is 236 g/mol. The van der Waals surface area contributed by atoms with Crippen LogP contribution in [0.15, 0.2) is 6.07 Å². The van der Waals surface area contributed by atoms with Crippen LogP contribution >= 0.6 is 0 Å². The van der Waals surface area contributed by atoms with E-state index in [9.17, 15) is 8.78 Å². The Morgan fingerprint density at radius 1 is 1.11 bits per heavy atom. The average Bonchev–Trinajstić information content (AvgIpc) is 2.33.